The van der Waals surface area contributed by atoms with E-state index in [-0.39, 0.29) is 11.6 Å². The number of anilines is 1. The van der Waals surface area contributed by atoms with Crippen LogP contribution in [0.15, 0.2) is 24.4 Å². The lowest BCUT2D eigenvalue weighted by Crippen LogP contribution is -2.20. The van der Waals surface area contributed by atoms with Crippen molar-refractivity contribution in [1.82, 2.24) is 10.2 Å². The molecule has 0 amide bonds. The second kappa shape index (κ2) is 5.79. The van der Waals surface area contributed by atoms with Gasteiger partial charge in [-0.15, -0.1) is 16.4 Å². The van der Waals surface area contributed by atoms with Crippen LogP contribution in [0.25, 0.3) is 0 Å². The number of thiophene rings is 1. The van der Waals surface area contributed by atoms with Crippen LogP contribution in [0, 0.1) is 6.92 Å². The van der Waals surface area contributed by atoms with Gasteiger partial charge in [-0.2, -0.15) is 5.10 Å². The summed E-state index contributed by atoms with van der Waals surface area (Å²) in [6.07, 6.45) is 2.20. The van der Waals surface area contributed by atoms with Crippen molar-refractivity contribution >= 4 is 23.1 Å². The number of aromatic nitrogens is 2. The highest BCUT2D eigenvalue weighted by molar-refractivity contribution is 7.11. The summed E-state index contributed by atoms with van der Waals surface area (Å²) in [5.74, 6) is -0.688. The van der Waals surface area contributed by atoms with Crippen LogP contribution in [0.5, 0.6) is 0 Å². The monoisotopic (exact) mass is 277 g/mol. The van der Waals surface area contributed by atoms with Gasteiger partial charge < -0.3 is 10.4 Å². The van der Waals surface area contributed by atoms with Crippen LogP contribution in [0.1, 0.15) is 27.0 Å². The minimum absolute atomic E-state index is 0.0906. The minimum Gasteiger partial charge on any atom is -0.478 e. The van der Waals surface area contributed by atoms with Crippen molar-refractivity contribution in [3.63, 3.8) is 0 Å². The fraction of sp³-hybridized carbons (Fsp3) is 0.308. The molecule has 0 saturated heterocycles. The topological polar surface area (TPSA) is 75.1 Å². The molecule has 19 heavy (non-hydrogen) atoms. The Bertz CT molecular complexity index is 583. The molecule has 0 aliphatic carbocycles. The van der Waals surface area contributed by atoms with Gasteiger partial charge in [0.05, 0.1) is 6.20 Å². The molecule has 0 aromatic carbocycles. The van der Waals surface area contributed by atoms with E-state index in [1.54, 1.807) is 11.3 Å². The molecule has 1 unspecified atom stereocenters. The molecular formula is C13H15N3O2S. The number of carbonyl (C=O) groups is 1. The molecule has 0 saturated carbocycles. The maximum atomic E-state index is 11.1. The molecule has 0 fully saturated rings. The molecule has 2 aromatic heterocycles. The highest BCUT2D eigenvalue weighted by Crippen LogP contribution is 2.19. The number of aryl methyl sites for hydroxylation is 1. The van der Waals surface area contributed by atoms with E-state index in [4.69, 9.17) is 5.11 Å². The van der Waals surface area contributed by atoms with Gasteiger partial charge >= 0.3 is 5.97 Å². The third kappa shape index (κ3) is 3.51. The van der Waals surface area contributed by atoms with Crippen molar-refractivity contribution in [2.24, 2.45) is 0 Å². The number of nitrogens with one attached hydrogen (secondary N) is 1. The predicted octanol–water partition coefficient (Wildman–Crippen LogP) is 2.59. The van der Waals surface area contributed by atoms with Crippen molar-refractivity contribution < 1.29 is 9.90 Å². The molecular weight excluding hydrogens is 262 g/mol. The predicted molar refractivity (Wildman–Crippen MR) is 74.8 cm³/mol. The molecule has 2 aromatic rings. The van der Waals surface area contributed by atoms with Crippen LogP contribution in [-0.2, 0) is 6.42 Å². The van der Waals surface area contributed by atoms with E-state index >= 15 is 0 Å². The van der Waals surface area contributed by atoms with E-state index in [1.165, 1.54) is 22.0 Å². The molecule has 2 heterocycles. The highest BCUT2D eigenvalue weighted by atomic mass is 32.1. The van der Waals surface area contributed by atoms with Gasteiger partial charge in [0.25, 0.3) is 0 Å². The Kier molecular flexibility index (Phi) is 4.11. The summed E-state index contributed by atoms with van der Waals surface area (Å²) >= 11 is 1.74. The van der Waals surface area contributed by atoms with Gasteiger partial charge in [0.15, 0.2) is 5.82 Å². The Labute approximate surface area is 115 Å². The number of rotatable bonds is 5. The van der Waals surface area contributed by atoms with Crippen LogP contribution in [0.3, 0.4) is 0 Å². The third-order valence-electron chi connectivity index (χ3n) is 2.64. The van der Waals surface area contributed by atoms with Crippen molar-refractivity contribution in [2.45, 2.75) is 26.3 Å². The minimum atomic E-state index is -1.00. The lowest BCUT2D eigenvalue weighted by Gasteiger charge is -2.14. The van der Waals surface area contributed by atoms with Crippen molar-refractivity contribution in [3.05, 3.63) is 39.7 Å². The van der Waals surface area contributed by atoms with Gasteiger partial charge in [0.1, 0.15) is 5.56 Å². The van der Waals surface area contributed by atoms with Gasteiger partial charge in [0.2, 0.25) is 0 Å². The van der Waals surface area contributed by atoms with E-state index < -0.39 is 5.97 Å². The second-order valence-electron chi connectivity index (χ2n) is 4.36. The number of carboxylic acid groups (broad SMARTS) is 1. The lowest BCUT2D eigenvalue weighted by atomic mass is 10.2. The zero-order valence-corrected chi connectivity index (χ0v) is 11.6. The van der Waals surface area contributed by atoms with Gasteiger partial charge in [-0.1, -0.05) is 0 Å². The number of carboxylic acids is 1. The van der Waals surface area contributed by atoms with E-state index in [9.17, 15) is 4.79 Å². The van der Waals surface area contributed by atoms with Crippen LogP contribution in [0.4, 0.5) is 5.82 Å². The summed E-state index contributed by atoms with van der Waals surface area (Å²) in [6, 6.07) is 5.71. The lowest BCUT2D eigenvalue weighted by molar-refractivity contribution is 0.0697. The molecule has 0 bridgehead atoms. The normalized spacial score (nSPS) is 12.1. The first-order chi connectivity index (χ1) is 9.06. The van der Waals surface area contributed by atoms with E-state index in [1.807, 2.05) is 6.92 Å². The Morgan fingerprint density at radius 2 is 2.26 bits per heavy atom. The molecule has 0 radical (unpaired) electrons. The first-order valence-corrected chi connectivity index (χ1v) is 6.74. The number of nitrogens with zero attached hydrogens (tertiary/aromatic N) is 2. The van der Waals surface area contributed by atoms with E-state index in [0.29, 0.717) is 5.82 Å². The molecule has 2 rings (SSSR count). The summed E-state index contributed by atoms with van der Waals surface area (Å²) in [4.78, 5) is 13.6. The largest absolute Gasteiger partial charge is 0.478 e. The van der Waals surface area contributed by atoms with Crippen LogP contribution in [-0.4, -0.2) is 27.3 Å². The quantitative estimate of drug-likeness (QED) is 0.878. The first kappa shape index (κ1) is 13.5. The number of hydrogen-bond donors (Lipinski definition) is 2. The molecule has 6 heteroatoms. The average Bonchev–Trinajstić information content (AvgIpc) is 2.75. The molecule has 0 aliphatic heterocycles. The second-order valence-corrected chi connectivity index (χ2v) is 5.73. The third-order valence-corrected chi connectivity index (χ3v) is 3.66. The Balaban J connectivity index is 2.06. The van der Waals surface area contributed by atoms with Crippen LogP contribution >= 0.6 is 11.3 Å². The Morgan fingerprint density at radius 1 is 1.47 bits per heavy atom. The van der Waals surface area contributed by atoms with Crippen molar-refractivity contribution in [1.29, 1.82) is 0 Å². The zero-order chi connectivity index (χ0) is 13.8. The summed E-state index contributed by atoms with van der Waals surface area (Å²) < 4.78 is 0. The molecule has 0 spiro atoms. The van der Waals surface area contributed by atoms with Gasteiger partial charge in [0, 0.05) is 22.2 Å². The molecule has 0 aliphatic rings. The molecule has 100 valence electrons. The summed E-state index contributed by atoms with van der Waals surface area (Å²) in [5.41, 5.74) is 0.143. The smallest absolute Gasteiger partial charge is 0.339 e. The van der Waals surface area contributed by atoms with E-state index in [2.05, 4.69) is 34.6 Å². The highest BCUT2D eigenvalue weighted by Gasteiger charge is 2.14. The average molecular weight is 277 g/mol. The van der Waals surface area contributed by atoms with Gasteiger partial charge in [-0.25, -0.2) is 4.79 Å². The molecule has 1 atom stereocenters. The fourth-order valence-electron chi connectivity index (χ4n) is 1.79. The van der Waals surface area contributed by atoms with Crippen LogP contribution in [0.2, 0.25) is 0 Å². The maximum Gasteiger partial charge on any atom is 0.339 e. The van der Waals surface area contributed by atoms with Crippen LogP contribution < -0.4 is 5.32 Å². The zero-order valence-electron chi connectivity index (χ0n) is 10.8. The fourth-order valence-corrected chi connectivity index (χ4v) is 2.81. The van der Waals surface area contributed by atoms with Gasteiger partial charge in [-0.05, 0) is 32.0 Å². The molecule has 2 N–H and O–H groups in total. The maximum absolute atomic E-state index is 11.1. The van der Waals surface area contributed by atoms with Crippen molar-refractivity contribution in [2.75, 3.05) is 5.32 Å². The Hall–Kier alpha value is -1.95. The van der Waals surface area contributed by atoms with Crippen molar-refractivity contribution in [3.8, 4) is 0 Å². The first-order valence-electron chi connectivity index (χ1n) is 5.93. The molecule has 5 nitrogen and oxygen atoms in total. The van der Waals surface area contributed by atoms with E-state index in [0.717, 1.165) is 6.42 Å². The summed E-state index contributed by atoms with van der Waals surface area (Å²) in [5, 5.41) is 19.7. The Morgan fingerprint density at radius 3 is 2.89 bits per heavy atom. The summed E-state index contributed by atoms with van der Waals surface area (Å²) in [6.45, 7) is 4.06. The SMILES string of the molecule is Cc1ccc(CC(C)Nc2nnccc2C(=O)O)s1. The summed E-state index contributed by atoms with van der Waals surface area (Å²) in [7, 11) is 0. The number of hydrogen-bond acceptors (Lipinski definition) is 5. The number of aromatic carboxylic acids is 1. The standard InChI is InChI=1S/C13H15N3O2S/c1-8(7-10-4-3-9(2)19-10)15-12-11(13(17)18)5-6-14-16-12/h3-6,8H,7H2,1-2H3,(H,15,16)(H,17,18). The van der Waals surface area contributed by atoms with Gasteiger partial charge in [-0.3, -0.25) is 0 Å².